The van der Waals surface area contributed by atoms with Crippen LogP contribution in [0.1, 0.15) is 37.0 Å². The predicted molar refractivity (Wildman–Crippen MR) is 145 cm³/mol. The zero-order valence-corrected chi connectivity index (χ0v) is 21.7. The molecule has 5 rings (SSSR count). The maximum Gasteiger partial charge on any atom is 0.220 e. The Morgan fingerprint density at radius 3 is 2.33 bits per heavy atom. The standard InChI is InChI=1S/C31H36NSi/c1-22-11-12-27(24-9-7-6-8-10-24)21-30(22)31-29-14-13-26(20-28(29)19-23(2)32(31)3)25-15-17-33(4,5)18-16-25/h6-14,19-21,25H,15-18H2,1-5H3/q+1/i19D. The third-order valence-corrected chi connectivity index (χ3v) is 11.1. The normalized spacial score (nSPS) is 16.7. The number of hydrogen-bond donors (Lipinski definition) is 0. The third kappa shape index (κ3) is 4.29. The van der Waals surface area contributed by atoms with Gasteiger partial charge in [-0.2, -0.15) is 4.57 Å². The summed E-state index contributed by atoms with van der Waals surface area (Å²) in [7, 11) is 1.13. The maximum absolute atomic E-state index is 8.98. The molecule has 4 aromatic rings. The Bertz CT molecular complexity index is 1360. The number of nitrogens with zero attached hydrogens (tertiary/aromatic N) is 1. The van der Waals surface area contributed by atoms with Crippen LogP contribution in [0, 0.1) is 13.8 Å². The number of aromatic nitrogens is 1. The van der Waals surface area contributed by atoms with E-state index in [2.05, 4.69) is 105 Å². The Kier molecular flexibility index (Phi) is 5.42. The molecule has 168 valence electrons. The molecule has 0 bridgehead atoms. The first-order valence-corrected chi connectivity index (χ1v) is 15.8. The highest BCUT2D eigenvalue weighted by molar-refractivity contribution is 6.77. The Morgan fingerprint density at radius 2 is 1.61 bits per heavy atom. The molecular weight excluding hydrogens is 414 g/mol. The Labute approximate surface area is 201 Å². The quantitative estimate of drug-likeness (QED) is 0.218. The van der Waals surface area contributed by atoms with Gasteiger partial charge in [0.05, 0.1) is 12.3 Å². The van der Waals surface area contributed by atoms with Crippen molar-refractivity contribution in [3.05, 3.63) is 89.6 Å². The second-order valence-electron chi connectivity index (χ2n) is 10.8. The van der Waals surface area contributed by atoms with Crippen molar-refractivity contribution in [1.82, 2.24) is 0 Å². The minimum atomic E-state index is -0.979. The number of fused-ring (bicyclic) bond motifs is 1. The van der Waals surface area contributed by atoms with E-state index in [-0.39, 0.29) is 0 Å². The molecule has 0 amide bonds. The molecule has 2 heterocycles. The monoisotopic (exact) mass is 451 g/mol. The molecule has 0 atom stereocenters. The average Bonchev–Trinajstić information content (AvgIpc) is 2.84. The van der Waals surface area contributed by atoms with Crippen LogP contribution in [0.25, 0.3) is 33.2 Å². The lowest BCUT2D eigenvalue weighted by molar-refractivity contribution is -0.665. The van der Waals surface area contributed by atoms with E-state index in [0.29, 0.717) is 12.0 Å². The van der Waals surface area contributed by atoms with Gasteiger partial charge in [-0.15, -0.1) is 0 Å². The van der Waals surface area contributed by atoms with Crippen molar-refractivity contribution in [2.45, 2.75) is 57.8 Å². The van der Waals surface area contributed by atoms with E-state index in [1.54, 1.807) is 0 Å². The molecule has 1 aromatic heterocycles. The smallest absolute Gasteiger partial charge is 0.198 e. The van der Waals surface area contributed by atoms with Gasteiger partial charge in [0.15, 0.2) is 5.69 Å². The van der Waals surface area contributed by atoms with Gasteiger partial charge in [0.1, 0.15) is 7.05 Å². The molecule has 1 fully saturated rings. The summed E-state index contributed by atoms with van der Waals surface area (Å²) >= 11 is 0. The first-order valence-electron chi connectivity index (χ1n) is 12.8. The van der Waals surface area contributed by atoms with Crippen molar-refractivity contribution in [3.63, 3.8) is 0 Å². The Hall–Kier alpha value is -2.71. The largest absolute Gasteiger partial charge is 0.220 e. The van der Waals surface area contributed by atoms with E-state index in [4.69, 9.17) is 1.37 Å². The lowest BCUT2D eigenvalue weighted by Gasteiger charge is -2.33. The summed E-state index contributed by atoms with van der Waals surface area (Å²) in [6.45, 7) is 9.35. The number of benzene rings is 3. The van der Waals surface area contributed by atoms with Gasteiger partial charge in [-0.3, -0.25) is 0 Å². The highest BCUT2D eigenvalue weighted by atomic mass is 28.3. The van der Waals surface area contributed by atoms with E-state index in [1.807, 2.05) is 0 Å². The summed E-state index contributed by atoms with van der Waals surface area (Å²) in [6.07, 6.45) is 2.62. The van der Waals surface area contributed by atoms with Gasteiger partial charge in [0, 0.05) is 21.0 Å². The van der Waals surface area contributed by atoms with E-state index in [0.717, 1.165) is 11.1 Å². The Balaban J connectivity index is 1.67. The average molecular weight is 452 g/mol. The zero-order valence-electron chi connectivity index (χ0n) is 21.7. The first-order chi connectivity index (χ1) is 16.2. The molecule has 0 spiro atoms. The van der Waals surface area contributed by atoms with Crippen molar-refractivity contribution in [1.29, 1.82) is 0 Å². The zero-order chi connectivity index (χ0) is 24.0. The summed E-state index contributed by atoms with van der Waals surface area (Å²) in [5, 5.41) is 2.27. The van der Waals surface area contributed by atoms with E-state index < -0.39 is 8.07 Å². The molecule has 0 unspecified atom stereocenters. The van der Waals surface area contributed by atoms with Gasteiger partial charge in [-0.25, -0.2) is 0 Å². The van der Waals surface area contributed by atoms with E-state index in [1.165, 1.54) is 63.8 Å². The first kappa shape index (κ1) is 20.9. The van der Waals surface area contributed by atoms with Crippen LogP contribution in [0.5, 0.6) is 0 Å². The fraction of sp³-hybridized carbons (Fsp3) is 0.323. The molecule has 0 aliphatic carbocycles. The summed E-state index contributed by atoms with van der Waals surface area (Å²) in [5.74, 6) is 0.644. The second kappa shape index (κ2) is 8.57. The van der Waals surface area contributed by atoms with Crippen LogP contribution >= 0.6 is 0 Å². The van der Waals surface area contributed by atoms with Crippen LogP contribution in [0.15, 0.2) is 72.8 Å². The molecule has 0 radical (unpaired) electrons. The maximum atomic E-state index is 8.98. The van der Waals surface area contributed by atoms with Crippen LogP contribution in [0.4, 0.5) is 0 Å². The van der Waals surface area contributed by atoms with Gasteiger partial charge in [-0.05, 0) is 65.5 Å². The van der Waals surface area contributed by atoms with Gasteiger partial charge in [-0.1, -0.05) is 79.8 Å². The molecule has 1 aliphatic rings. The van der Waals surface area contributed by atoms with Crippen molar-refractivity contribution in [3.8, 4) is 22.4 Å². The van der Waals surface area contributed by atoms with Gasteiger partial charge < -0.3 is 0 Å². The van der Waals surface area contributed by atoms with E-state index >= 15 is 0 Å². The topological polar surface area (TPSA) is 3.88 Å². The molecule has 2 heteroatoms. The SMILES string of the molecule is [2H]c1c(C)[n+](C)c(-c2cc(-c3ccccc3)ccc2C)c2ccc(C3CC[Si](C)(C)CC3)cc12. The molecule has 1 nitrogen and oxygen atoms in total. The fourth-order valence-corrected chi connectivity index (χ4v) is 8.01. The minimum Gasteiger partial charge on any atom is -0.198 e. The van der Waals surface area contributed by atoms with E-state index in [9.17, 15) is 0 Å². The van der Waals surface area contributed by atoms with Gasteiger partial charge in [0.25, 0.3) is 0 Å². The molecule has 33 heavy (non-hydrogen) atoms. The number of rotatable bonds is 3. The summed E-state index contributed by atoms with van der Waals surface area (Å²) in [4.78, 5) is 0. The number of hydrogen-bond acceptors (Lipinski definition) is 0. The number of pyridine rings is 1. The van der Waals surface area contributed by atoms with Crippen molar-refractivity contribution >= 4 is 18.8 Å². The fourth-order valence-electron chi connectivity index (χ4n) is 5.50. The molecular formula is C31H36NSi+. The van der Waals surface area contributed by atoms with Crippen LogP contribution in [-0.2, 0) is 7.05 Å². The molecule has 1 aliphatic heterocycles. The molecule has 3 aromatic carbocycles. The van der Waals surface area contributed by atoms with Crippen molar-refractivity contribution in [2.75, 3.05) is 0 Å². The Morgan fingerprint density at radius 1 is 0.879 bits per heavy atom. The van der Waals surface area contributed by atoms with Crippen LogP contribution in [0.2, 0.25) is 25.2 Å². The van der Waals surface area contributed by atoms with Crippen molar-refractivity contribution in [2.24, 2.45) is 7.05 Å². The predicted octanol–water partition coefficient (Wildman–Crippen LogP) is 8.20. The van der Waals surface area contributed by atoms with Crippen LogP contribution in [0.3, 0.4) is 0 Å². The van der Waals surface area contributed by atoms with Crippen LogP contribution in [-0.4, -0.2) is 8.07 Å². The molecule has 1 saturated heterocycles. The summed E-state index contributed by atoms with van der Waals surface area (Å²) in [5.41, 5.74) is 8.62. The van der Waals surface area contributed by atoms with Crippen molar-refractivity contribution < 1.29 is 5.94 Å². The summed E-state index contributed by atoms with van der Waals surface area (Å²) < 4.78 is 11.2. The molecule has 0 saturated carbocycles. The highest BCUT2D eigenvalue weighted by Crippen LogP contribution is 2.40. The van der Waals surface area contributed by atoms with Gasteiger partial charge >= 0.3 is 0 Å². The molecule has 0 N–H and O–H groups in total. The minimum absolute atomic E-state index is 0.644. The lowest BCUT2D eigenvalue weighted by Crippen LogP contribution is -2.35. The lowest BCUT2D eigenvalue weighted by atomic mass is 9.90. The second-order valence-corrected chi connectivity index (χ2v) is 16.1. The summed E-state index contributed by atoms with van der Waals surface area (Å²) in [6, 6.07) is 27.9. The third-order valence-electron chi connectivity index (χ3n) is 7.86. The van der Waals surface area contributed by atoms with Crippen LogP contribution < -0.4 is 4.57 Å². The number of aryl methyl sites for hydroxylation is 1. The van der Waals surface area contributed by atoms with Gasteiger partial charge in [0.2, 0.25) is 5.69 Å². The highest BCUT2D eigenvalue weighted by Gasteiger charge is 2.29.